The van der Waals surface area contributed by atoms with Gasteiger partial charge in [0.15, 0.2) is 0 Å². The summed E-state index contributed by atoms with van der Waals surface area (Å²) >= 11 is 0. The van der Waals surface area contributed by atoms with Gasteiger partial charge < -0.3 is 15.6 Å². The number of rotatable bonds is 8. The van der Waals surface area contributed by atoms with E-state index in [2.05, 4.69) is 39.7 Å². The van der Waals surface area contributed by atoms with E-state index >= 15 is 0 Å². The van der Waals surface area contributed by atoms with Crippen molar-refractivity contribution in [3.05, 3.63) is 36.0 Å². The molecule has 0 bridgehead atoms. The summed E-state index contributed by atoms with van der Waals surface area (Å²) in [7, 11) is 3.72. The zero-order valence-electron chi connectivity index (χ0n) is 16.3. The molecule has 1 aliphatic heterocycles. The maximum absolute atomic E-state index is 12.2. The number of aryl methyl sites for hydroxylation is 1. The fourth-order valence-electron chi connectivity index (χ4n) is 4.00. The number of hydrogen-bond donors (Lipinski definition) is 3. The molecule has 0 aliphatic carbocycles. The van der Waals surface area contributed by atoms with Crippen molar-refractivity contribution in [2.45, 2.75) is 50.6 Å². The average Bonchev–Trinajstić information content (AvgIpc) is 3.24. The molecule has 3 rings (SSSR count). The van der Waals surface area contributed by atoms with Crippen molar-refractivity contribution in [2.24, 2.45) is 0 Å². The third-order valence-corrected chi connectivity index (χ3v) is 5.74. The molecule has 146 valence electrons. The van der Waals surface area contributed by atoms with Crippen LogP contribution in [0, 0.1) is 0 Å². The van der Waals surface area contributed by atoms with Crippen molar-refractivity contribution in [3.8, 4) is 0 Å². The molecule has 6 nitrogen and oxygen atoms in total. The van der Waals surface area contributed by atoms with Gasteiger partial charge in [0.05, 0.1) is 0 Å². The molecule has 0 spiro atoms. The fourth-order valence-corrected chi connectivity index (χ4v) is 4.00. The maximum Gasteiger partial charge on any atom is 0.221 e. The molecule has 2 heterocycles. The Labute approximate surface area is 160 Å². The predicted octanol–water partition coefficient (Wildman–Crippen LogP) is 2.21. The number of nitrogens with one attached hydrogen (secondary N) is 3. The SMILES string of the molecule is CNC(=O)C[C@H]1CC[C@@H](CNC(=O)CCCc2c[nH]c3ccccc23)N1C. The van der Waals surface area contributed by atoms with Gasteiger partial charge in [-0.2, -0.15) is 0 Å². The van der Waals surface area contributed by atoms with E-state index in [0.717, 1.165) is 31.2 Å². The normalized spacial score (nSPS) is 20.1. The number of amides is 2. The first-order valence-electron chi connectivity index (χ1n) is 9.82. The van der Waals surface area contributed by atoms with Gasteiger partial charge in [-0.25, -0.2) is 0 Å². The van der Waals surface area contributed by atoms with E-state index in [-0.39, 0.29) is 17.9 Å². The number of carbonyl (C=O) groups excluding carboxylic acids is 2. The van der Waals surface area contributed by atoms with Gasteiger partial charge in [-0.3, -0.25) is 14.5 Å². The first kappa shape index (κ1) is 19.4. The number of fused-ring (bicyclic) bond motifs is 1. The average molecular weight is 370 g/mol. The number of H-pyrrole nitrogens is 1. The summed E-state index contributed by atoms with van der Waals surface area (Å²) in [4.78, 5) is 29.3. The molecule has 2 aromatic rings. The molecule has 27 heavy (non-hydrogen) atoms. The van der Waals surface area contributed by atoms with Gasteiger partial charge in [0.1, 0.15) is 0 Å². The fraction of sp³-hybridized carbons (Fsp3) is 0.524. The highest BCUT2D eigenvalue weighted by molar-refractivity contribution is 5.83. The largest absolute Gasteiger partial charge is 0.361 e. The molecule has 2 atom stereocenters. The minimum Gasteiger partial charge on any atom is -0.361 e. The summed E-state index contributed by atoms with van der Waals surface area (Å²) in [6, 6.07) is 8.84. The second-order valence-electron chi connectivity index (χ2n) is 7.44. The monoisotopic (exact) mass is 370 g/mol. The smallest absolute Gasteiger partial charge is 0.221 e. The Morgan fingerprint density at radius 1 is 1.19 bits per heavy atom. The van der Waals surface area contributed by atoms with Crippen molar-refractivity contribution < 1.29 is 9.59 Å². The first-order valence-corrected chi connectivity index (χ1v) is 9.82. The molecule has 3 N–H and O–H groups in total. The topological polar surface area (TPSA) is 77.2 Å². The van der Waals surface area contributed by atoms with Crippen LogP contribution in [-0.2, 0) is 16.0 Å². The van der Waals surface area contributed by atoms with Crippen LogP contribution in [-0.4, -0.2) is 54.4 Å². The first-order chi connectivity index (χ1) is 13.1. The molecule has 1 aromatic carbocycles. The Balaban J connectivity index is 1.38. The Morgan fingerprint density at radius 3 is 2.78 bits per heavy atom. The second-order valence-corrected chi connectivity index (χ2v) is 7.44. The summed E-state index contributed by atoms with van der Waals surface area (Å²) in [5.74, 6) is 0.187. The summed E-state index contributed by atoms with van der Waals surface area (Å²) in [6.45, 7) is 0.659. The van der Waals surface area contributed by atoms with Crippen LogP contribution in [0.4, 0.5) is 0 Å². The lowest BCUT2D eigenvalue weighted by atomic mass is 10.1. The van der Waals surface area contributed by atoms with Crippen molar-refractivity contribution >= 4 is 22.7 Å². The van der Waals surface area contributed by atoms with Crippen LogP contribution in [0.1, 0.15) is 37.7 Å². The zero-order chi connectivity index (χ0) is 19.2. The third kappa shape index (κ3) is 4.89. The van der Waals surface area contributed by atoms with Crippen LogP contribution in [0.15, 0.2) is 30.5 Å². The highest BCUT2D eigenvalue weighted by Gasteiger charge is 2.31. The van der Waals surface area contributed by atoms with Crippen LogP contribution in [0.3, 0.4) is 0 Å². The molecule has 6 heteroatoms. The lowest BCUT2D eigenvalue weighted by Crippen LogP contribution is -2.42. The van der Waals surface area contributed by atoms with Crippen LogP contribution in [0.5, 0.6) is 0 Å². The van der Waals surface area contributed by atoms with Crippen LogP contribution in [0.2, 0.25) is 0 Å². The summed E-state index contributed by atoms with van der Waals surface area (Å²) < 4.78 is 0. The van der Waals surface area contributed by atoms with Gasteiger partial charge in [0, 0.05) is 55.6 Å². The Morgan fingerprint density at radius 2 is 1.96 bits per heavy atom. The summed E-state index contributed by atoms with van der Waals surface area (Å²) in [5, 5.41) is 7.00. The quantitative estimate of drug-likeness (QED) is 0.667. The molecule has 1 aliphatic rings. The van der Waals surface area contributed by atoms with E-state index in [1.165, 1.54) is 10.9 Å². The summed E-state index contributed by atoms with van der Waals surface area (Å²) in [6.07, 6.45) is 6.88. The van der Waals surface area contributed by atoms with E-state index in [4.69, 9.17) is 0 Å². The number of aromatic nitrogens is 1. The van der Waals surface area contributed by atoms with E-state index in [0.29, 0.717) is 25.4 Å². The highest BCUT2D eigenvalue weighted by Crippen LogP contribution is 2.24. The Hall–Kier alpha value is -2.34. The molecular weight excluding hydrogens is 340 g/mol. The Kier molecular flexibility index (Phi) is 6.50. The molecular formula is C21H30N4O2. The molecule has 1 fully saturated rings. The minimum atomic E-state index is 0.0776. The van der Waals surface area contributed by atoms with Crippen LogP contribution < -0.4 is 10.6 Å². The second kappa shape index (κ2) is 9.04. The lowest BCUT2D eigenvalue weighted by molar-refractivity contribution is -0.122. The van der Waals surface area contributed by atoms with Gasteiger partial charge in [-0.1, -0.05) is 18.2 Å². The molecule has 1 aromatic heterocycles. The van der Waals surface area contributed by atoms with Gasteiger partial charge in [-0.15, -0.1) is 0 Å². The standard InChI is InChI=1S/C21H30N4O2/c1-22-21(27)12-16-10-11-17(25(16)2)14-24-20(26)9-5-6-15-13-23-19-8-4-3-7-18(15)19/h3-4,7-8,13,16-17,23H,5-6,9-12,14H2,1-2H3,(H,22,27)(H,24,26)/t16-,17+/m1/s1. The van der Waals surface area contributed by atoms with Crippen molar-refractivity contribution in [2.75, 3.05) is 20.6 Å². The third-order valence-electron chi connectivity index (χ3n) is 5.74. The number of para-hydroxylation sites is 1. The molecule has 0 saturated carbocycles. The molecule has 0 unspecified atom stereocenters. The number of likely N-dealkylation sites (N-methyl/N-ethyl adjacent to an activating group) is 1. The van der Waals surface area contributed by atoms with Crippen molar-refractivity contribution in [3.63, 3.8) is 0 Å². The van der Waals surface area contributed by atoms with Crippen LogP contribution >= 0.6 is 0 Å². The predicted molar refractivity (Wildman–Crippen MR) is 108 cm³/mol. The maximum atomic E-state index is 12.2. The zero-order valence-corrected chi connectivity index (χ0v) is 16.3. The van der Waals surface area contributed by atoms with Gasteiger partial charge in [0.25, 0.3) is 0 Å². The van der Waals surface area contributed by atoms with E-state index in [1.807, 2.05) is 18.3 Å². The van der Waals surface area contributed by atoms with Gasteiger partial charge in [-0.05, 0) is 44.4 Å². The Bertz CT molecular complexity index is 785. The number of aromatic amines is 1. The molecule has 2 amide bonds. The number of nitrogens with zero attached hydrogens (tertiary/aromatic N) is 1. The van der Waals surface area contributed by atoms with Gasteiger partial charge in [0.2, 0.25) is 11.8 Å². The van der Waals surface area contributed by atoms with Gasteiger partial charge >= 0.3 is 0 Å². The van der Waals surface area contributed by atoms with E-state index < -0.39 is 0 Å². The van der Waals surface area contributed by atoms with E-state index in [1.54, 1.807) is 7.05 Å². The van der Waals surface area contributed by atoms with E-state index in [9.17, 15) is 9.59 Å². The van der Waals surface area contributed by atoms with Crippen molar-refractivity contribution in [1.29, 1.82) is 0 Å². The number of carbonyl (C=O) groups is 2. The lowest BCUT2D eigenvalue weighted by Gasteiger charge is -2.25. The van der Waals surface area contributed by atoms with Crippen molar-refractivity contribution in [1.82, 2.24) is 20.5 Å². The number of hydrogen-bond acceptors (Lipinski definition) is 3. The molecule has 0 radical (unpaired) electrons. The minimum absolute atomic E-state index is 0.0776. The number of likely N-dealkylation sites (tertiary alicyclic amines) is 1. The van der Waals surface area contributed by atoms with Crippen LogP contribution in [0.25, 0.3) is 10.9 Å². The molecule has 1 saturated heterocycles. The number of benzene rings is 1. The summed E-state index contributed by atoms with van der Waals surface area (Å²) in [5.41, 5.74) is 2.42. The highest BCUT2D eigenvalue weighted by atomic mass is 16.2.